The average Bonchev–Trinajstić information content (AvgIpc) is 3.24. The zero-order chi connectivity index (χ0) is 20.3. The number of amides is 2. The molecule has 2 saturated carbocycles. The van der Waals surface area contributed by atoms with E-state index in [-0.39, 0.29) is 11.9 Å². The van der Waals surface area contributed by atoms with Gasteiger partial charge in [0.25, 0.3) is 0 Å². The summed E-state index contributed by atoms with van der Waals surface area (Å²) in [6.45, 7) is 2.23. The van der Waals surface area contributed by atoms with Crippen molar-refractivity contribution in [2.75, 3.05) is 6.54 Å². The van der Waals surface area contributed by atoms with Crippen molar-refractivity contribution in [1.82, 2.24) is 20.8 Å². The molecule has 3 N–H and O–H groups in total. The summed E-state index contributed by atoms with van der Waals surface area (Å²) in [4.78, 5) is 17.4. The standard InChI is InChI=1S/C22H30N4O3/c1-15(27)13-18(16-7-3-2-4-8-16)14-23-21(28)25-22(11-5-6-12-22)20-24-19(29-26-20)17-9-10-17/h2-4,7-8,15,17-18,27H,5-6,9-14H2,1H3,(H2,23,25,28)/t15-,18+/m0/s1. The highest BCUT2D eigenvalue weighted by molar-refractivity contribution is 5.75. The van der Waals surface area contributed by atoms with E-state index in [1.54, 1.807) is 6.92 Å². The van der Waals surface area contributed by atoms with Crippen LogP contribution < -0.4 is 10.6 Å². The number of urea groups is 1. The van der Waals surface area contributed by atoms with Gasteiger partial charge in [-0.15, -0.1) is 0 Å². The molecule has 0 saturated heterocycles. The monoisotopic (exact) mass is 398 g/mol. The van der Waals surface area contributed by atoms with Gasteiger partial charge in [-0.2, -0.15) is 4.98 Å². The lowest BCUT2D eigenvalue weighted by Gasteiger charge is -2.27. The second-order valence-corrected chi connectivity index (χ2v) is 8.55. The van der Waals surface area contributed by atoms with E-state index in [4.69, 9.17) is 4.52 Å². The van der Waals surface area contributed by atoms with Crippen molar-refractivity contribution in [3.8, 4) is 0 Å². The van der Waals surface area contributed by atoms with Crippen LogP contribution in [0.3, 0.4) is 0 Å². The minimum absolute atomic E-state index is 0.0492. The molecule has 2 amide bonds. The Morgan fingerprint density at radius 3 is 2.66 bits per heavy atom. The summed E-state index contributed by atoms with van der Waals surface area (Å²) in [7, 11) is 0. The molecule has 2 aromatic rings. The maximum absolute atomic E-state index is 12.8. The molecule has 0 radical (unpaired) electrons. The summed E-state index contributed by atoms with van der Waals surface area (Å²) in [6.07, 6.45) is 6.06. The third kappa shape index (κ3) is 4.78. The van der Waals surface area contributed by atoms with E-state index in [0.717, 1.165) is 44.1 Å². The molecule has 156 valence electrons. The smallest absolute Gasteiger partial charge is 0.315 e. The third-order valence-corrected chi connectivity index (χ3v) is 6.01. The average molecular weight is 399 g/mol. The number of aliphatic hydroxyl groups is 1. The lowest BCUT2D eigenvalue weighted by atomic mass is 9.93. The molecule has 0 bridgehead atoms. The second kappa shape index (κ2) is 8.53. The Kier molecular flexibility index (Phi) is 5.85. The molecule has 0 aliphatic heterocycles. The van der Waals surface area contributed by atoms with Crippen LogP contribution in [-0.2, 0) is 5.54 Å². The normalized spacial score (nSPS) is 20.2. The summed E-state index contributed by atoms with van der Waals surface area (Å²) in [5.74, 6) is 1.76. The summed E-state index contributed by atoms with van der Waals surface area (Å²) in [5, 5.41) is 20.2. The van der Waals surface area contributed by atoms with Crippen LogP contribution in [-0.4, -0.2) is 33.9 Å². The minimum atomic E-state index is -0.548. The van der Waals surface area contributed by atoms with Gasteiger partial charge in [0.1, 0.15) is 5.54 Å². The van der Waals surface area contributed by atoms with Crippen LogP contribution in [0, 0.1) is 0 Å². The molecule has 2 atom stereocenters. The Bertz CT molecular complexity index is 810. The minimum Gasteiger partial charge on any atom is -0.393 e. The fourth-order valence-electron chi connectivity index (χ4n) is 4.26. The van der Waals surface area contributed by atoms with E-state index >= 15 is 0 Å². The van der Waals surface area contributed by atoms with Gasteiger partial charge in [0.05, 0.1) is 6.10 Å². The highest BCUT2D eigenvalue weighted by atomic mass is 16.5. The SMILES string of the molecule is C[C@H](O)C[C@H](CNC(=O)NC1(c2noc(C3CC3)n2)CCCC1)c1ccccc1. The summed E-state index contributed by atoms with van der Waals surface area (Å²) >= 11 is 0. The van der Waals surface area contributed by atoms with Gasteiger partial charge in [0.2, 0.25) is 5.89 Å². The molecule has 29 heavy (non-hydrogen) atoms. The molecule has 0 spiro atoms. The first-order valence-electron chi connectivity index (χ1n) is 10.7. The highest BCUT2D eigenvalue weighted by Gasteiger charge is 2.42. The molecule has 1 heterocycles. The number of carbonyl (C=O) groups is 1. The van der Waals surface area contributed by atoms with Crippen molar-refractivity contribution in [3.05, 3.63) is 47.6 Å². The number of rotatable bonds is 8. The van der Waals surface area contributed by atoms with Gasteiger partial charge < -0.3 is 20.3 Å². The van der Waals surface area contributed by atoms with Crippen LogP contribution in [0.15, 0.2) is 34.9 Å². The van der Waals surface area contributed by atoms with Gasteiger partial charge in [0, 0.05) is 18.4 Å². The number of carbonyl (C=O) groups excluding carboxylic acids is 1. The van der Waals surface area contributed by atoms with E-state index in [1.165, 1.54) is 0 Å². The molecule has 4 rings (SSSR count). The number of nitrogens with one attached hydrogen (secondary N) is 2. The number of nitrogens with zero attached hydrogens (tertiary/aromatic N) is 2. The topological polar surface area (TPSA) is 100 Å². The zero-order valence-electron chi connectivity index (χ0n) is 16.9. The van der Waals surface area contributed by atoms with Crippen LogP contribution >= 0.6 is 0 Å². The number of hydrogen-bond acceptors (Lipinski definition) is 5. The van der Waals surface area contributed by atoms with Gasteiger partial charge >= 0.3 is 6.03 Å². The van der Waals surface area contributed by atoms with Gasteiger partial charge in [-0.3, -0.25) is 0 Å². The lowest BCUT2D eigenvalue weighted by Crippen LogP contribution is -2.49. The van der Waals surface area contributed by atoms with E-state index in [9.17, 15) is 9.90 Å². The Morgan fingerprint density at radius 2 is 2.00 bits per heavy atom. The molecule has 7 heteroatoms. The largest absolute Gasteiger partial charge is 0.393 e. The van der Waals surface area contributed by atoms with E-state index < -0.39 is 11.6 Å². The molecule has 2 aliphatic carbocycles. The Morgan fingerprint density at radius 1 is 1.28 bits per heavy atom. The Balaban J connectivity index is 1.41. The van der Waals surface area contributed by atoms with Gasteiger partial charge in [-0.05, 0) is 44.6 Å². The van der Waals surface area contributed by atoms with Crippen LogP contribution in [0.2, 0.25) is 0 Å². The van der Waals surface area contributed by atoms with Crippen molar-refractivity contribution in [2.45, 2.75) is 75.3 Å². The quantitative estimate of drug-likeness (QED) is 0.631. The van der Waals surface area contributed by atoms with Crippen LogP contribution in [0.25, 0.3) is 0 Å². The Labute approximate surface area is 171 Å². The summed E-state index contributed by atoms with van der Waals surface area (Å²) < 4.78 is 5.45. The molecule has 1 aromatic carbocycles. The van der Waals surface area contributed by atoms with Crippen molar-refractivity contribution in [2.24, 2.45) is 0 Å². The first-order valence-corrected chi connectivity index (χ1v) is 10.7. The lowest BCUT2D eigenvalue weighted by molar-refractivity contribution is 0.172. The summed E-state index contributed by atoms with van der Waals surface area (Å²) in [6, 6.07) is 9.76. The summed E-state index contributed by atoms with van der Waals surface area (Å²) in [5.41, 5.74) is 0.560. The maximum Gasteiger partial charge on any atom is 0.315 e. The molecular formula is C22H30N4O3. The predicted octanol–water partition coefficient (Wildman–Crippen LogP) is 3.57. The van der Waals surface area contributed by atoms with Gasteiger partial charge in [-0.25, -0.2) is 4.79 Å². The fourth-order valence-corrected chi connectivity index (χ4v) is 4.26. The van der Waals surface area contributed by atoms with E-state index in [2.05, 4.69) is 20.8 Å². The third-order valence-electron chi connectivity index (χ3n) is 6.01. The highest BCUT2D eigenvalue weighted by Crippen LogP contribution is 2.42. The van der Waals surface area contributed by atoms with Gasteiger partial charge in [-0.1, -0.05) is 48.3 Å². The molecule has 2 fully saturated rings. The first-order chi connectivity index (χ1) is 14.1. The maximum atomic E-state index is 12.8. The first kappa shape index (κ1) is 19.9. The Hall–Kier alpha value is -2.41. The van der Waals surface area contributed by atoms with Crippen LogP contribution in [0.4, 0.5) is 4.79 Å². The fraction of sp³-hybridized carbons (Fsp3) is 0.591. The number of hydrogen-bond donors (Lipinski definition) is 3. The van der Waals surface area contributed by atoms with Crippen molar-refractivity contribution < 1.29 is 14.4 Å². The molecule has 1 aromatic heterocycles. The number of aliphatic hydroxyl groups excluding tert-OH is 1. The molecule has 7 nitrogen and oxygen atoms in total. The zero-order valence-corrected chi connectivity index (χ0v) is 16.9. The van der Waals surface area contributed by atoms with Crippen molar-refractivity contribution in [1.29, 1.82) is 0 Å². The van der Waals surface area contributed by atoms with Crippen LogP contribution in [0.1, 0.15) is 81.0 Å². The van der Waals surface area contributed by atoms with Crippen molar-refractivity contribution in [3.63, 3.8) is 0 Å². The predicted molar refractivity (Wildman–Crippen MR) is 108 cm³/mol. The van der Waals surface area contributed by atoms with Crippen molar-refractivity contribution >= 4 is 6.03 Å². The molecule has 0 unspecified atom stereocenters. The van der Waals surface area contributed by atoms with Gasteiger partial charge in [0.15, 0.2) is 5.82 Å². The molecular weight excluding hydrogens is 368 g/mol. The molecule has 2 aliphatic rings. The van der Waals surface area contributed by atoms with E-state index in [0.29, 0.717) is 30.6 Å². The number of aromatic nitrogens is 2. The van der Waals surface area contributed by atoms with Crippen LogP contribution in [0.5, 0.6) is 0 Å². The number of benzene rings is 1. The second-order valence-electron chi connectivity index (χ2n) is 8.55. The van der Waals surface area contributed by atoms with E-state index in [1.807, 2.05) is 30.3 Å².